The zero-order valence-corrected chi connectivity index (χ0v) is 25.5. The van der Waals surface area contributed by atoms with Crippen LogP contribution in [0.4, 0.5) is 4.79 Å². The largest absolute Gasteiger partial charge is 0.483 e. The number of carboxylic acids is 1. The molecule has 3 aliphatic rings. The highest BCUT2D eigenvalue weighted by molar-refractivity contribution is 5.99. The van der Waals surface area contributed by atoms with Crippen molar-refractivity contribution >= 4 is 46.6 Å². The van der Waals surface area contributed by atoms with Crippen molar-refractivity contribution in [3.05, 3.63) is 36.0 Å². The number of rotatable bonds is 10. The summed E-state index contributed by atoms with van der Waals surface area (Å²) in [4.78, 5) is 77.7. The molecule has 246 valence electrons. The third kappa shape index (κ3) is 7.21. The molecule has 2 N–H and O–H groups in total. The topological polar surface area (TPSA) is 190 Å². The van der Waals surface area contributed by atoms with Crippen molar-refractivity contribution in [3.63, 3.8) is 0 Å². The van der Waals surface area contributed by atoms with Gasteiger partial charge in [-0.15, -0.1) is 0 Å². The van der Waals surface area contributed by atoms with Gasteiger partial charge in [0, 0.05) is 50.6 Å². The summed E-state index contributed by atoms with van der Waals surface area (Å²) >= 11 is 0. The highest BCUT2D eigenvalue weighted by Crippen LogP contribution is 2.29. The second kappa shape index (κ2) is 14.3. The number of aromatic nitrogens is 1. The van der Waals surface area contributed by atoms with Gasteiger partial charge >= 0.3 is 12.1 Å². The van der Waals surface area contributed by atoms with E-state index < -0.39 is 29.9 Å². The fourth-order valence-corrected chi connectivity index (χ4v) is 5.61. The van der Waals surface area contributed by atoms with Gasteiger partial charge in [0.05, 0.1) is 31.7 Å². The summed E-state index contributed by atoms with van der Waals surface area (Å²) in [5.74, 6) is -2.07. The molecule has 16 heteroatoms. The Morgan fingerprint density at radius 3 is 2.52 bits per heavy atom. The number of likely N-dealkylation sites (tertiary alicyclic amines) is 1. The van der Waals surface area contributed by atoms with Gasteiger partial charge in [0.1, 0.15) is 17.5 Å². The molecule has 0 radical (unpaired) electrons. The van der Waals surface area contributed by atoms with Gasteiger partial charge < -0.3 is 44.2 Å². The summed E-state index contributed by atoms with van der Waals surface area (Å²) in [6.07, 6.45) is -1.27. The van der Waals surface area contributed by atoms with Gasteiger partial charge in [0.15, 0.2) is 12.7 Å². The number of carbonyl (C=O) groups is 5. The van der Waals surface area contributed by atoms with Crippen LogP contribution < -0.4 is 10.1 Å². The van der Waals surface area contributed by atoms with Crippen molar-refractivity contribution in [3.8, 4) is 5.75 Å². The van der Waals surface area contributed by atoms with Gasteiger partial charge in [-0.05, 0) is 25.5 Å². The number of oxime groups is 1. The number of hydrogen-bond acceptors (Lipinski definition) is 11. The van der Waals surface area contributed by atoms with Gasteiger partial charge in [-0.1, -0.05) is 17.3 Å². The fraction of sp³-hybridized carbons (Fsp3) is 0.500. The Labute approximate surface area is 264 Å². The number of ether oxygens (including phenoxy) is 3. The van der Waals surface area contributed by atoms with E-state index in [0.29, 0.717) is 29.9 Å². The number of para-hydroxylation sites is 1. The van der Waals surface area contributed by atoms with Crippen LogP contribution in [0.15, 0.2) is 35.5 Å². The molecule has 1 aromatic carbocycles. The van der Waals surface area contributed by atoms with E-state index in [1.807, 2.05) is 0 Å². The van der Waals surface area contributed by atoms with E-state index in [0.717, 1.165) is 0 Å². The lowest BCUT2D eigenvalue weighted by atomic mass is 10.1. The summed E-state index contributed by atoms with van der Waals surface area (Å²) in [6, 6.07) is 7.16. The molecule has 2 fully saturated rings. The lowest BCUT2D eigenvalue weighted by molar-refractivity contribution is -0.138. The van der Waals surface area contributed by atoms with Crippen molar-refractivity contribution < 1.29 is 48.1 Å². The Kier molecular flexibility index (Phi) is 10.0. The molecule has 0 aliphatic carbocycles. The number of nitrogens with zero attached hydrogens (tertiary/aromatic N) is 5. The van der Waals surface area contributed by atoms with Crippen molar-refractivity contribution in [2.45, 2.75) is 31.9 Å². The minimum atomic E-state index is -1.16. The maximum absolute atomic E-state index is 13.5. The Balaban J connectivity index is 1.27. The van der Waals surface area contributed by atoms with E-state index in [1.54, 1.807) is 36.1 Å². The smallest absolute Gasteiger partial charge is 0.409 e. The molecular formula is C30H36N6O10. The molecule has 16 nitrogen and oxygen atoms in total. The third-order valence-electron chi connectivity index (χ3n) is 8.05. The van der Waals surface area contributed by atoms with Crippen LogP contribution in [0.1, 0.15) is 30.3 Å². The average Bonchev–Trinajstić information content (AvgIpc) is 3.66. The van der Waals surface area contributed by atoms with Crippen molar-refractivity contribution in [1.82, 2.24) is 25.0 Å². The highest BCUT2D eigenvalue weighted by atomic mass is 16.7. The zero-order chi connectivity index (χ0) is 32.8. The fourth-order valence-electron chi connectivity index (χ4n) is 5.61. The van der Waals surface area contributed by atoms with Gasteiger partial charge in [-0.25, -0.2) is 9.78 Å². The molecule has 4 amide bonds. The Bertz CT molecular complexity index is 1520. The number of methoxy groups -OCH3 is 1. The van der Waals surface area contributed by atoms with Crippen LogP contribution in [0.2, 0.25) is 0 Å². The summed E-state index contributed by atoms with van der Waals surface area (Å²) in [7, 11) is 1.50. The monoisotopic (exact) mass is 640 g/mol. The first kappa shape index (κ1) is 32.2. The molecule has 0 spiro atoms. The van der Waals surface area contributed by atoms with Gasteiger partial charge in [-0.3, -0.25) is 19.2 Å². The zero-order valence-electron chi connectivity index (χ0n) is 25.5. The molecule has 46 heavy (non-hydrogen) atoms. The Hall–Kier alpha value is -5.15. The summed E-state index contributed by atoms with van der Waals surface area (Å²) in [5.41, 5.74) is 0.345. The van der Waals surface area contributed by atoms with Gasteiger partial charge in [0.2, 0.25) is 11.8 Å². The number of aliphatic carboxylic acids is 1. The number of carbonyl (C=O) groups excluding carboxylic acids is 4. The van der Waals surface area contributed by atoms with Crippen LogP contribution in [0.25, 0.3) is 10.9 Å². The lowest BCUT2D eigenvalue weighted by Crippen LogP contribution is -2.56. The molecule has 0 saturated carbocycles. The predicted molar refractivity (Wildman–Crippen MR) is 160 cm³/mol. The summed E-state index contributed by atoms with van der Waals surface area (Å²) in [5, 5.41) is 16.4. The van der Waals surface area contributed by atoms with E-state index in [2.05, 4.69) is 15.5 Å². The van der Waals surface area contributed by atoms with Crippen molar-refractivity contribution in [2.24, 2.45) is 11.1 Å². The van der Waals surface area contributed by atoms with E-state index in [-0.39, 0.29) is 81.6 Å². The van der Waals surface area contributed by atoms with Crippen molar-refractivity contribution in [1.29, 1.82) is 0 Å². The van der Waals surface area contributed by atoms with Gasteiger partial charge in [-0.2, -0.15) is 0 Å². The summed E-state index contributed by atoms with van der Waals surface area (Å²) in [6.45, 7) is 3.19. The molecule has 3 aliphatic heterocycles. The third-order valence-corrected chi connectivity index (χ3v) is 8.05. The lowest BCUT2D eigenvalue weighted by Gasteiger charge is -2.35. The van der Waals surface area contributed by atoms with E-state index in [1.165, 1.54) is 23.0 Å². The highest BCUT2D eigenvalue weighted by Gasteiger charge is 2.45. The van der Waals surface area contributed by atoms with E-state index in [4.69, 9.17) is 19.0 Å². The molecule has 1 aromatic heterocycles. The molecule has 2 aromatic rings. The SMILES string of the molecule is CCOC(=O)N1CCN(C(=O)C(CCC(=O)O)NC(=O)c2cc(OCC(=O)N3CC4C(OC)=NO[C@@H]4C3)c3ccccc3n2)CC1. The first-order valence-electron chi connectivity index (χ1n) is 15.0. The molecule has 0 bridgehead atoms. The number of pyridine rings is 1. The number of hydrogen-bond donors (Lipinski definition) is 2. The first-order chi connectivity index (χ1) is 22.2. The van der Waals surface area contributed by atoms with Crippen molar-refractivity contribution in [2.75, 3.05) is 59.6 Å². The van der Waals surface area contributed by atoms with Crippen LogP contribution in [0, 0.1) is 5.92 Å². The molecular weight excluding hydrogens is 604 g/mol. The Morgan fingerprint density at radius 2 is 1.80 bits per heavy atom. The minimum absolute atomic E-state index is 0.0774. The summed E-state index contributed by atoms with van der Waals surface area (Å²) < 4.78 is 16.2. The molecule has 2 saturated heterocycles. The number of piperazine rings is 1. The quantitative estimate of drug-likeness (QED) is 0.372. The first-order valence-corrected chi connectivity index (χ1v) is 15.0. The van der Waals surface area contributed by atoms with Crippen LogP contribution in [0.3, 0.4) is 0 Å². The molecule has 3 atom stereocenters. The van der Waals surface area contributed by atoms with Crippen LogP contribution in [0.5, 0.6) is 5.75 Å². The molecule has 4 heterocycles. The number of nitrogens with one attached hydrogen (secondary N) is 1. The number of amides is 4. The van der Waals surface area contributed by atoms with E-state index in [9.17, 15) is 29.1 Å². The van der Waals surface area contributed by atoms with E-state index >= 15 is 0 Å². The number of benzene rings is 1. The standard InChI is InChI=1S/C30H36N6O10/c1-3-44-30(42)35-12-10-34(11-13-35)29(41)21(8-9-26(38)39)32-27(40)22-14-23(18-6-4-5-7-20(18)31-22)45-17-25(37)36-15-19-24(16-36)46-33-28(19)43-2/h4-7,14,19,21,24H,3,8-13,15-17H2,1-2H3,(H,32,40)(H,38,39)/t19?,21?,24-/m1/s1. The van der Waals surface area contributed by atoms with Gasteiger partial charge in [0.25, 0.3) is 11.8 Å². The number of fused-ring (bicyclic) bond motifs is 2. The van der Waals surface area contributed by atoms with Crippen LogP contribution in [-0.4, -0.2) is 132 Å². The average molecular weight is 641 g/mol. The molecule has 5 rings (SSSR count). The van der Waals surface area contributed by atoms with Crippen LogP contribution >= 0.6 is 0 Å². The maximum atomic E-state index is 13.5. The number of carboxylic acid groups (broad SMARTS) is 1. The Morgan fingerprint density at radius 1 is 1.07 bits per heavy atom. The van der Waals surface area contributed by atoms with Crippen LogP contribution in [-0.2, 0) is 28.7 Å². The maximum Gasteiger partial charge on any atom is 0.409 e. The second-order valence-corrected chi connectivity index (χ2v) is 11.0. The normalized spacial score (nSPS) is 19.5. The second-order valence-electron chi connectivity index (χ2n) is 11.0. The minimum Gasteiger partial charge on any atom is -0.483 e. The molecule has 2 unspecified atom stereocenters. The predicted octanol–water partition coefficient (Wildman–Crippen LogP) is 0.695.